The number of hydroxylamine groups is 2. The van der Waals surface area contributed by atoms with E-state index in [4.69, 9.17) is 19.1 Å². The highest BCUT2D eigenvalue weighted by Crippen LogP contribution is 2.50. The Labute approximate surface area is 237 Å². The van der Waals surface area contributed by atoms with Crippen molar-refractivity contribution in [2.24, 2.45) is 0 Å². The van der Waals surface area contributed by atoms with E-state index in [1.807, 2.05) is 0 Å². The Morgan fingerprint density at radius 2 is 1.16 bits per heavy atom. The molecule has 1 aromatic rings. The summed E-state index contributed by atoms with van der Waals surface area (Å²) in [7, 11) is 5.69. The number of nitrogens with zero attached hydrogens (tertiary/aromatic N) is 4. The highest BCUT2D eigenvalue weighted by atomic mass is 32.2. The molecular formula is C20H28N6O8S4. The first-order valence-corrected chi connectivity index (χ1v) is 14.7. The Kier molecular flexibility index (Phi) is 9.36. The Morgan fingerprint density at radius 3 is 1.66 bits per heavy atom. The van der Waals surface area contributed by atoms with Crippen molar-refractivity contribution in [3.63, 3.8) is 0 Å². The first kappa shape index (κ1) is 30.2. The molecule has 2 aliphatic heterocycles. The molecule has 2 heterocycles. The maximum absolute atomic E-state index is 13.2. The summed E-state index contributed by atoms with van der Waals surface area (Å²) in [6.07, 6.45) is 0.327. The lowest BCUT2D eigenvalue weighted by Gasteiger charge is -2.35. The second-order valence-electron chi connectivity index (χ2n) is 8.12. The van der Waals surface area contributed by atoms with E-state index in [9.17, 15) is 19.2 Å². The number of thioether (sulfide) groups is 2. The summed E-state index contributed by atoms with van der Waals surface area (Å²) in [5.41, 5.74) is 6.07. The summed E-state index contributed by atoms with van der Waals surface area (Å²) in [5, 5.41) is 0. The average molecular weight is 609 g/mol. The second-order valence-corrected chi connectivity index (χ2v) is 13.1. The number of carbonyl (C=O) groups excluding carboxylic acids is 4. The summed E-state index contributed by atoms with van der Waals surface area (Å²) in [5.74, 6) is 0.0442. The lowest BCUT2D eigenvalue weighted by Crippen LogP contribution is -2.42. The minimum Gasteiger partial charge on any atom is -0.409 e. The number of hydrogen-bond donors (Lipinski definition) is 2. The lowest BCUT2D eigenvalue weighted by atomic mass is 9.97. The molecule has 0 bridgehead atoms. The predicted octanol–water partition coefficient (Wildman–Crippen LogP) is 3.92. The fraction of sp³-hybridized carbons (Fsp3) is 0.500. The number of amides is 4. The van der Waals surface area contributed by atoms with Crippen molar-refractivity contribution in [3.05, 3.63) is 23.3 Å². The normalized spacial score (nSPS) is 25.7. The molecule has 0 saturated carbocycles. The summed E-state index contributed by atoms with van der Waals surface area (Å²) < 4.78 is 16.0. The van der Waals surface area contributed by atoms with Crippen molar-refractivity contribution < 1.29 is 38.3 Å². The maximum atomic E-state index is 13.2. The van der Waals surface area contributed by atoms with Crippen LogP contribution < -0.4 is 20.4 Å². The molecule has 0 spiro atoms. The fourth-order valence-corrected chi connectivity index (χ4v) is 5.38. The van der Waals surface area contributed by atoms with Crippen LogP contribution in [-0.2, 0) is 19.4 Å². The lowest BCUT2D eigenvalue weighted by molar-refractivity contribution is 0.0506. The van der Waals surface area contributed by atoms with Gasteiger partial charge in [-0.2, -0.15) is 0 Å². The monoisotopic (exact) mass is 608 g/mol. The van der Waals surface area contributed by atoms with Crippen LogP contribution in [-0.4, -0.2) is 82.3 Å². The van der Waals surface area contributed by atoms with Gasteiger partial charge < -0.3 is 19.1 Å². The summed E-state index contributed by atoms with van der Waals surface area (Å²) in [6.45, 7) is 3.39. The zero-order chi connectivity index (χ0) is 28.4. The number of hydrogen-bond acceptors (Lipinski definition) is 14. The van der Waals surface area contributed by atoms with Gasteiger partial charge in [0, 0.05) is 33.8 Å². The molecule has 0 aliphatic carbocycles. The number of carbonyl (C=O) groups is 4. The molecule has 4 amide bonds. The standard InChI is InChI=1S/C20H28N6O8S4/c1-19(35-7)11-9-10-12-13(14(11)32-16(28)24(4)38-25(5)17(29)33-21-19)20(2,36-8)22-34-18(30)26(6)37-23(3)15(27)31-12/h9-10,21-22H,1-8H3. The molecule has 14 nitrogen and oxygen atoms in total. The molecular weight excluding hydrogens is 581 g/mol. The van der Waals surface area contributed by atoms with E-state index in [0.29, 0.717) is 5.56 Å². The second kappa shape index (κ2) is 11.8. The minimum atomic E-state index is -1.30. The number of fused-ring (bicyclic) bond motifs is 3. The minimum absolute atomic E-state index is 0.000934. The van der Waals surface area contributed by atoms with Gasteiger partial charge in [-0.3, -0.25) is 0 Å². The quantitative estimate of drug-likeness (QED) is 0.468. The number of ether oxygens (including phenoxy) is 2. The Hall–Kier alpha value is -2.38. The average Bonchev–Trinajstić information content (AvgIpc) is 2.90. The number of nitrogens with one attached hydrogen (secondary N) is 2. The van der Waals surface area contributed by atoms with E-state index in [1.165, 1.54) is 57.8 Å². The molecule has 2 N–H and O–H groups in total. The van der Waals surface area contributed by atoms with Crippen molar-refractivity contribution in [2.45, 2.75) is 23.6 Å². The maximum Gasteiger partial charge on any atom is 0.439 e. The fourth-order valence-electron chi connectivity index (χ4n) is 3.21. The molecule has 0 radical (unpaired) electrons. The molecule has 2 unspecified atom stereocenters. The van der Waals surface area contributed by atoms with Crippen LogP contribution in [0.5, 0.6) is 11.5 Å². The third kappa shape index (κ3) is 6.09. The van der Waals surface area contributed by atoms with Gasteiger partial charge in [0.25, 0.3) is 0 Å². The van der Waals surface area contributed by atoms with Crippen LogP contribution in [0.15, 0.2) is 12.1 Å². The van der Waals surface area contributed by atoms with Gasteiger partial charge in [0.15, 0.2) is 0 Å². The molecule has 2 atom stereocenters. The summed E-state index contributed by atoms with van der Waals surface area (Å²) in [4.78, 5) is 59.5. The third-order valence-electron chi connectivity index (χ3n) is 5.50. The third-order valence-corrected chi connectivity index (χ3v) is 9.30. The van der Waals surface area contributed by atoms with Gasteiger partial charge in [-0.1, -0.05) is 0 Å². The van der Waals surface area contributed by atoms with E-state index >= 15 is 0 Å². The van der Waals surface area contributed by atoms with Crippen molar-refractivity contribution in [1.29, 1.82) is 0 Å². The van der Waals surface area contributed by atoms with Crippen LogP contribution in [0, 0.1) is 0 Å². The van der Waals surface area contributed by atoms with Crippen LogP contribution in [0.25, 0.3) is 0 Å². The predicted molar refractivity (Wildman–Crippen MR) is 146 cm³/mol. The van der Waals surface area contributed by atoms with Gasteiger partial charge in [-0.25, -0.2) is 36.4 Å². The van der Waals surface area contributed by atoms with Gasteiger partial charge in [0.05, 0.1) is 29.8 Å². The van der Waals surface area contributed by atoms with Crippen LogP contribution in [0.2, 0.25) is 0 Å². The van der Waals surface area contributed by atoms with E-state index < -0.39 is 34.1 Å². The van der Waals surface area contributed by atoms with Crippen LogP contribution in [0.3, 0.4) is 0 Å². The highest BCUT2D eigenvalue weighted by Gasteiger charge is 2.43. The molecule has 2 aliphatic rings. The largest absolute Gasteiger partial charge is 0.439 e. The Morgan fingerprint density at radius 1 is 0.711 bits per heavy atom. The van der Waals surface area contributed by atoms with E-state index in [1.54, 1.807) is 32.4 Å². The first-order valence-electron chi connectivity index (χ1n) is 10.7. The van der Waals surface area contributed by atoms with Gasteiger partial charge in [0.1, 0.15) is 21.2 Å². The van der Waals surface area contributed by atoms with Crippen molar-refractivity contribution in [2.75, 3.05) is 40.7 Å². The molecule has 18 heteroatoms. The van der Waals surface area contributed by atoms with Gasteiger partial charge in [-0.05, 0) is 38.5 Å². The molecule has 0 fully saturated rings. The number of rotatable bonds is 2. The summed E-state index contributed by atoms with van der Waals surface area (Å²) >= 11 is 3.97. The van der Waals surface area contributed by atoms with E-state index in [2.05, 4.69) is 11.0 Å². The zero-order valence-corrected chi connectivity index (χ0v) is 25.1. The Balaban J connectivity index is 2.33. The number of benzene rings is 1. The topological polar surface area (TPSA) is 142 Å². The first-order chi connectivity index (χ1) is 17.8. The zero-order valence-electron chi connectivity index (χ0n) is 21.8. The van der Waals surface area contributed by atoms with Crippen LogP contribution >= 0.6 is 47.8 Å². The summed E-state index contributed by atoms with van der Waals surface area (Å²) in [6, 6.07) is 3.12. The molecule has 0 saturated heterocycles. The van der Waals surface area contributed by atoms with Crippen molar-refractivity contribution >= 4 is 72.2 Å². The molecule has 0 aromatic heterocycles. The molecule has 210 valence electrons. The smallest absolute Gasteiger partial charge is 0.409 e. The van der Waals surface area contributed by atoms with Crippen molar-refractivity contribution in [3.8, 4) is 11.5 Å². The van der Waals surface area contributed by atoms with Crippen molar-refractivity contribution in [1.82, 2.24) is 28.2 Å². The Bertz CT molecular complexity index is 1130. The van der Waals surface area contributed by atoms with Gasteiger partial charge >= 0.3 is 24.4 Å². The molecule has 3 rings (SSSR count). The molecule has 38 heavy (non-hydrogen) atoms. The SMILES string of the molecule is CSC1(C)NOC(=O)N(C)SN(C)C(=O)Oc2c1ccc1c2C(C)(SC)NOC(=O)N(C)SN(C)C(=O)O1. The van der Waals surface area contributed by atoms with E-state index in [0.717, 1.165) is 41.5 Å². The van der Waals surface area contributed by atoms with Gasteiger partial charge in [0.2, 0.25) is 0 Å². The molecule has 1 aromatic carbocycles. The highest BCUT2D eigenvalue weighted by molar-refractivity contribution is 7.99. The van der Waals surface area contributed by atoms with Crippen LogP contribution in [0.4, 0.5) is 19.2 Å². The van der Waals surface area contributed by atoms with Gasteiger partial charge in [-0.15, -0.1) is 34.5 Å². The van der Waals surface area contributed by atoms with Crippen LogP contribution in [0.1, 0.15) is 25.0 Å². The van der Waals surface area contributed by atoms with E-state index in [-0.39, 0.29) is 17.1 Å².